The van der Waals surface area contributed by atoms with E-state index >= 15 is 0 Å². The third kappa shape index (κ3) is 8.16. The smallest absolute Gasteiger partial charge is 0.0411 e. The number of hydrogen-bond donors (Lipinski definition) is 0. The third-order valence-corrected chi connectivity index (χ3v) is 2.89. The topological polar surface area (TPSA) is 0 Å². The van der Waals surface area contributed by atoms with E-state index in [1.54, 1.807) is 6.08 Å². The van der Waals surface area contributed by atoms with Crippen LogP contribution >= 0.6 is 11.6 Å². The van der Waals surface area contributed by atoms with Crippen LogP contribution in [0.5, 0.6) is 0 Å². The largest absolute Gasteiger partial charge is 0.0985 e. The lowest BCUT2D eigenvalue weighted by Gasteiger charge is -2.10. The van der Waals surface area contributed by atoms with Crippen molar-refractivity contribution in [2.45, 2.75) is 20.8 Å². The van der Waals surface area contributed by atoms with E-state index in [2.05, 4.69) is 63.8 Å². The maximum Gasteiger partial charge on any atom is 0.0411 e. The van der Waals surface area contributed by atoms with E-state index in [9.17, 15) is 0 Å². The van der Waals surface area contributed by atoms with E-state index in [1.165, 1.54) is 5.56 Å². The summed E-state index contributed by atoms with van der Waals surface area (Å²) in [4.78, 5) is 0. The molecule has 0 aliphatic carbocycles. The van der Waals surface area contributed by atoms with Crippen LogP contribution < -0.4 is 0 Å². The van der Waals surface area contributed by atoms with Crippen molar-refractivity contribution in [3.05, 3.63) is 83.4 Å². The van der Waals surface area contributed by atoms with Crippen LogP contribution in [0.4, 0.5) is 0 Å². The first-order valence-electron chi connectivity index (χ1n) is 7.03. The Morgan fingerprint density at radius 1 is 0.905 bits per heavy atom. The standard InChI is InChI=1S/C12H16.C8H7Cl/c1-12(2,3)10-9-11-7-5-4-6-8-11;1-2-7-4-3-5-8(9)6-7/h4-10H,1-3H3;2-6H,1H2. The summed E-state index contributed by atoms with van der Waals surface area (Å²) >= 11 is 5.68. The molecule has 0 N–H and O–H groups in total. The lowest BCUT2D eigenvalue weighted by molar-refractivity contribution is 0.547. The molecule has 110 valence electrons. The van der Waals surface area contributed by atoms with E-state index < -0.39 is 0 Å². The molecule has 0 unspecified atom stereocenters. The highest BCUT2D eigenvalue weighted by molar-refractivity contribution is 6.30. The molecular weight excluding hydrogens is 276 g/mol. The Morgan fingerprint density at radius 3 is 2.00 bits per heavy atom. The zero-order valence-electron chi connectivity index (χ0n) is 13.0. The number of allylic oxidation sites excluding steroid dienone is 1. The Labute approximate surface area is 133 Å². The second kappa shape index (κ2) is 8.49. The van der Waals surface area contributed by atoms with Gasteiger partial charge in [0.25, 0.3) is 0 Å². The third-order valence-electron chi connectivity index (χ3n) is 2.66. The average Bonchev–Trinajstić information content (AvgIpc) is 2.46. The Hall–Kier alpha value is -1.79. The number of hydrogen-bond acceptors (Lipinski definition) is 0. The van der Waals surface area contributed by atoms with Gasteiger partial charge in [0.2, 0.25) is 0 Å². The maximum absolute atomic E-state index is 5.68. The van der Waals surface area contributed by atoms with Crippen LogP contribution in [-0.2, 0) is 0 Å². The molecule has 0 saturated carbocycles. The van der Waals surface area contributed by atoms with Gasteiger partial charge in [-0.2, -0.15) is 0 Å². The molecule has 0 amide bonds. The highest BCUT2D eigenvalue weighted by Crippen LogP contribution is 2.16. The van der Waals surface area contributed by atoms with E-state index in [0.29, 0.717) is 0 Å². The van der Waals surface area contributed by atoms with E-state index in [4.69, 9.17) is 11.6 Å². The molecule has 21 heavy (non-hydrogen) atoms. The van der Waals surface area contributed by atoms with E-state index in [-0.39, 0.29) is 5.41 Å². The van der Waals surface area contributed by atoms with Gasteiger partial charge < -0.3 is 0 Å². The van der Waals surface area contributed by atoms with Gasteiger partial charge in [-0.3, -0.25) is 0 Å². The molecule has 2 rings (SSSR count). The highest BCUT2D eigenvalue weighted by atomic mass is 35.5. The van der Waals surface area contributed by atoms with Gasteiger partial charge in [0.05, 0.1) is 0 Å². The lowest BCUT2D eigenvalue weighted by Crippen LogP contribution is -1.97. The molecule has 0 fully saturated rings. The second-order valence-electron chi connectivity index (χ2n) is 5.87. The highest BCUT2D eigenvalue weighted by Gasteiger charge is 2.02. The molecule has 0 aromatic heterocycles. The van der Waals surface area contributed by atoms with Gasteiger partial charge in [0.1, 0.15) is 0 Å². The summed E-state index contributed by atoms with van der Waals surface area (Å²) in [5, 5.41) is 0.757. The second-order valence-corrected chi connectivity index (χ2v) is 6.31. The molecule has 0 radical (unpaired) electrons. The van der Waals surface area contributed by atoms with Gasteiger partial charge in [-0.05, 0) is 28.7 Å². The Balaban J connectivity index is 0.000000219. The first kappa shape index (κ1) is 17.3. The molecule has 0 heterocycles. The summed E-state index contributed by atoms with van der Waals surface area (Å²) in [7, 11) is 0. The van der Waals surface area contributed by atoms with Crippen molar-refractivity contribution in [3.8, 4) is 0 Å². The van der Waals surface area contributed by atoms with Crippen LogP contribution in [0.1, 0.15) is 31.9 Å². The van der Waals surface area contributed by atoms with Crippen LogP contribution in [0.3, 0.4) is 0 Å². The molecule has 0 nitrogen and oxygen atoms in total. The first-order valence-corrected chi connectivity index (χ1v) is 7.41. The fourth-order valence-corrected chi connectivity index (χ4v) is 1.74. The van der Waals surface area contributed by atoms with Crippen molar-refractivity contribution >= 4 is 23.8 Å². The molecule has 0 saturated heterocycles. The number of halogens is 1. The SMILES string of the molecule is C=Cc1cccc(Cl)c1.CC(C)(C)C=Cc1ccccc1. The normalized spacial score (nSPS) is 10.9. The maximum atomic E-state index is 5.68. The fraction of sp³-hybridized carbons (Fsp3) is 0.200. The van der Waals surface area contributed by atoms with Crippen molar-refractivity contribution in [3.63, 3.8) is 0 Å². The molecule has 2 aromatic carbocycles. The van der Waals surface area contributed by atoms with Gasteiger partial charge in [0.15, 0.2) is 0 Å². The summed E-state index contributed by atoms with van der Waals surface area (Å²) in [6.45, 7) is 10.2. The van der Waals surface area contributed by atoms with Gasteiger partial charge in [-0.1, -0.05) is 99.6 Å². The zero-order chi connectivity index (χ0) is 15.7. The lowest BCUT2D eigenvalue weighted by atomic mass is 9.95. The molecule has 0 aliphatic rings. The average molecular weight is 299 g/mol. The predicted molar refractivity (Wildman–Crippen MR) is 96.5 cm³/mol. The van der Waals surface area contributed by atoms with Gasteiger partial charge in [-0.25, -0.2) is 0 Å². The Morgan fingerprint density at radius 2 is 1.52 bits per heavy atom. The fourth-order valence-electron chi connectivity index (χ4n) is 1.54. The summed E-state index contributed by atoms with van der Waals surface area (Å²) < 4.78 is 0. The molecule has 2 aromatic rings. The zero-order valence-corrected chi connectivity index (χ0v) is 13.8. The van der Waals surface area contributed by atoms with Crippen molar-refractivity contribution in [2.24, 2.45) is 5.41 Å². The summed E-state index contributed by atoms with van der Waals surface area (Å²) in [5.41, 5.74) is 2.60. The number of rotatable bonds is 2. The Kier molecular flexibility index (Phi) is 6.98. The summed E-state index contributed by atoms with van der Waals surface area (Å²) in [6.07, 6.45) is 6.16. The van der Waals surface area contributed by atoms with Crippen LogP contribution in [0.25, 0.3) is 12.2 Å². The van der Waals surface area contributed by atoms with Gasteiger partial charge >= 0.3 is 0 Å². The minimum Gasteiger partial charge on any atom is -0.0985 e. The Bertz CT molecular complexity index is 574. The van der Waals surface area contributed by atoms with Crippen molar-refractivity contribution in [1.29, 1.82) is 0 Å². The van der Waals surface area contributed by atoms with Crippen LogP contribution in [0.15, 0.2) is 67.3 Å². The van der Waals surface area contributed by atoms with E-state index in [0.717, 1.165) is 10.6 Å². The first-order chi connectivity index (χ1) is 9.90. The molecule has 0 atom stereocenters. The van der Waals surface area contributed by atoms with Crippen molar-refractivity contribution in [1.82, 2.24) is 0 Å². The predicted octanol–water partition coefficient (Wildman–Crippen LogP) is 6.73. The summed E-state index contributed by atoms with van der Waals surface area (Å²) in [6, 6.07) is 17.9. The molecule has 0 bridgehead atoms. The minimum absolute atomic E-state index is 0.274. The quantitative estimate of drug-likeness (QED) is 0.576. The van der Waals surface area contributed by atoms with Crippen molar-refractivity contribution in [2.75, 3.05) is 0 Å². The van der Waals surface area contributed by atoms with Crippen LogP contribution in [0, 0.1) is 5.41 Å². The molecular formula is C20H23Cl. The van der Waals surface area contributed by atoms with Gasteiger partial charge in [-0.15, -0.1) is 0 Å². The van der Waals surface area contributed by atoms with Crippen LogP contribution in [0.2, 0.25) is 5.02 Å². The molecule has 0 aliphatic heterocycles. The van der Waals surface area contributed by atoms with Gasteiger partial charge in [0, 0.05) is 5.02 Å². The van der Waals surface area contributed by atoms with Crippen molar-refractivity contribution < 1.29 is 0 Å². The summed E-state index contributed by atoms with van der Waals surface area (Å²) in [5.74, 6) is 0. The van der Waals surface area contributed by atoms with Crippen LogP contribution in [-0.4, -0.2) is 0 Å². The monoisotopic (exact) mass is 298 g/mol. The minimum atomic E-state index is 0.274. The van der Waals surface area contributed by atoms with E-state index in [1.807, 2.05) is 30.3 Å². The number of benzene rings is 2. The molecule has 1 heteroatoms. The molecule has 0 spiro atoms.